The fourth-order valence-corrected chi connectivity index (χ4v) is 4.91. The number of amides is 1. The molecule has 2 aromatic heterocycles. The summed E-state index contributed by atoms with van der Waals surface area (Å²) >= 11 is 3.09. The number of ether oxygens (including phenoxy) is 1. The van der Waals surface area contributed by atoms with Crippen molar-refractivity contribution in [1.29, 1.82) is 0 Å². The van der Waals surface area contributed by atoms with Crippen LogP contribution in [0.2, 0.25) is 0 Å². The minimum absolute atomic E-state index is 0.326. The first-order valence-electron chi connectivity index (χ1n) is 10.9. The Bertz CT molecular complexity index is 1160. The highest BCUT2D eigenvalue weighted by atomic mass is 32.2. The van der Waals surface area contributed by atoms with Gasteiger partial charge in [-0.15, -0.1) is 23.5 Å². The van der Waals surface area contributed by atoms with E-state index < -0.39 is 5.91 Å². The highest BCUT2D eigenvalue weighted by Gasteiger charge is 2.12. The van der Waals surface area contributed by atoms with Crippen LogP contribution in [0.5, 0.6) is 0 Å². The van der Waals surface area contributed by atoms with Crippen LogP contribution in [0.4, 0.5) is 0 Å². The van der Waals surface area contributed by atoms with Crippen molar-refractivity contribution in [2.75, 3.05) is 7.11 Å². The zero-order chi connectivity index (χ0) is 25.6. The number of benzene rings is 2. The topological polar surface area (TPSA) is 101 Å². The van der Waals surface area contributed by atoms with E-state index in [0.29, 0.717) is 11.1 Å². The van der Waals surface area contributed by atoms with Crippen LogP contribution < -0.4 is 5.48 Å². The summed E-state index contributed by atoms with van der Waals surface area (Å²) in [5.74, 6) is 0.704. The number of methoxy groups -OCH3 is 1. The number of carbonyl (C=O) groups excluding carboxylic acids is 2. The van der Waals surface area contributed by atoms with Gasteiger partial charge in [-0.3, -0.25) is 20.0 Å². The molecular formula is C27H25N3O4S2. The summed E-state index contributed by atoms with van der Waals surface area (Å²) in [7, 11) is 1.38. The van der Waals surface area contributed by atoms with Crippen LogP contribution in [0.3, 0.4) is 0 Å². The Morgan fingerprint density at radius 3 is 1.72 bits per heavy atom. The molecule has 184 valence electrons. The van der Waals surface area contributed by atoms with Crippen molar-refractivity contribution in [1.82, 2.24) is 15.4 Å². The van der Waals surface area contributed by atoms with Gasteiger partial charge in [0.05, 0.1) is 18.2 Å². The standard InChI is InChI=1S/C14H13NO2S.C13H12N2O2S/c1-17-14(16)12-7-8-15-9-13(12)18-10-11-5-3-2-4-6-11;16-13(15-17)11-6-7-14-8-12(11)18-9-10-4-2-1-3-5-10/h2-9H,10H2,1H3;1-8,17H,9H2,(H,15,16). The number of hydrogen-bond acceptors (Lipinski definition) is 8. The van der Waals surface area contributed by atoms with Gasteiger partial charge in [0.1, 0.15) is 0 Å². The maximum absolute atomic E-state index is 11.6. The van der Waals surface area contributed by atoms with Crippen LogP contribution in [-0.4, -0.2) is 34.2 Å². The number of pyridine rings is 2. The molecule has 4 aromatic rings. The largest absolute Gasteiger partial charge is 0.465 e. The lowest BCUT2D eigenvalue weighted by atomic mass is 10.2. The van der Waals surface area contributed by atoms with Crippen molar-refractivity contribution in [3.05, 3.63) is 120 Å². The van der Waals surface area contributed by atoms with E-state index in [9.17, 15) is 9.59 Å². The molecule has 4 rings (SSSR count). The molecule has 2 aromatic carbocycles. The predicted molar refractivity (Wildman–Crippen MR) is 141 cm³/mol. The predicted octanol–water partition coefficient (Wildman–Crippen LogP) is 5.65. The van der Waals surface area contributed by atoms with Crippen LogP contribution in [-0.2, 0) is 16.2 Å². The Morgan fingerprint density at radius 1 is 0.778 bits per heavy atom. The molecule has 0 bridgehead atoms. The normalized spacial score (nSPS) is 10.1. The van der Waals surface area contributed by atoms with Crippen LogP contribution in [0.25, 0.3) is 0 Å². The second-order valence-electron chi connectivity index (χ2n) is 7.22. The summed E-state index contributed by atoms with van der Waals surface area (Å²) in [5, 5.41) is 8.67. The van der Waals surface area contributed by atoms with Crippen molar-refractivity contribution in [2.24, 2.45) is 0 Å². The molecule has 2 N–H and O–H groups in total. The second kappa shape index (κ2) is 14.7. The summed E-state index contributed by atoms with van der Waals surface area (Å²) in [5.41, 5.74) is 5.01. The van der Waals surface area contributed by atoms with Crippen molar-refractivity contribution < 1.29 is 19.5 Å². The van der Waals surface area contributed by atoms with Gasteiger partial charge in [-0.05, 0) is 23.3 Å². The third-order valence-corrected chi connectivity index (χ3v) is 7.02. The van der Waals surface area contributed by atoms with E-state index in [0.717, 1.165) is 21.3 Å². The molecule has 0 saturated heterocycles. The first-order chi connectivity index (χ1) is 17.6. The number of nitrogens with zero attached hydrogens (tertiary/aromatic N) is 2. The van der Waals surface area contributed by atoms with Crippen LogP contribution >= 0.6 is 23.5 Å². The minimum atomic E-state index is -0.520. The Kier molecular flexibility index (Phi) is 11.0. The monoisotopic (exact) mass is 519 g/mol. The molecule has 0 aliphatic carbocycles. The Hall–Kier alpha value is -3.66. The van der Waals surface area contributed by atoms with Gasteiger partial charge in [0.25, 0.3) is 5.91 Å². The van der Waals surface area contributed by atoms with Crippen LogP contribution in [0, 0.1) is 0 Å². The molecule has 0 spiro atoms. The smallest absolute Gasteiger partial charge is 0.339 e. The van der Waals surface area contributed by atoms with E-state index in [1.54, 1.807) is 48.0 Å². The van der Waals surface area contributed by atoms with E-state index in [4.69, 9.17) is 9.94 Å². The zero-order valence-corrected chi connectivity index (χ0v) is 21.2. The molecule has 36 heavy (non-hydrogen) atoms. The third kappa shape index (κ3) is 8.23. The van der Waals surface area contributed by atoms with E-state index in [2.05, 4.69) is 22.1 Å². The molecule has 9 heteroatoms. The summed E-state index contributed by atoms with van der Waals surface area (Å²) in [6.45, 7) is 0. The maximum Gasteiger partial charge on any atom is 0.339 e. The highest BCUT2D eigenvalue weighted by Crippen LogP contribution is 2.26. The number of rotatable bonds is 8. The summed E-state index contributed by atoms with van der Waals surface area (Å²) < 4.78 is 4.75. The Morgan fingerprint density at radius 2 is 1.25 bits per heavy atom. The molecule has 7 nitrogen and oxygen atoms in total. The minimum Gasteiger partial charge on any atom is -0.465 e. The summed E-state index contributed by atoms with van der Waals surface area (Å²) in [6.07, 6.45) is 6.44. The van der Waals surface area contributed by atoms with Gasteiger partial charge in [0.15, 0.2) is 0 Å². The van der Waals surface area contributed by atoms with Crippen molar-refractivity contribution in [3.8, 4) is 0 Å². The van der Waals surface area contributed by atoms with E-state index in [1.807, 2.05) is 48.5 Å². The van der Waals surface area contributed by atoms with Crippen LogP contribution in [0.1, 0.15) is 31.8 Å². The maximum atomic E-state index is 11.6. The van der Waals surface area contributed by atoms with Gasteiger partial charge < -0.3 is 4.74 Å². The number of esters is 1. The Balaban J connectivity index is 0.000000201. The van der Waals surface area contributed by atoms with Crippen molar-refractivity contribution in [2.45, 2.75) is 21.3 Å². The number of thioether (sulfide) groups is 2. The molecule has 0 unspecified atom stereocenters. The second-order valence-corrected chi connectivity index (χ2v) is 9.26. The van der Waals surface area contributed by atoms with Gasteiger partial charge in [-0.25, -0.2) is 10.3 Å². The van der Waals surface area contributed by atoms with Crippen LogP contribution in [0.15, 0.2) is 107 Å². The van der Waals surface area contributed by atoms with Gasteiger partial charge in [-0.1, -0.05) is 60.7 Å². The molecule has 0 radical (unpaired) electrons. The molecule has 1 amide bonds. The van der Waals surface area contributed by atoms with E-state index in [1.165, 1.54) is 36.2 Å². The summed E-state index contributed by atoms with van der Waals surface area (Å²) in [6, 6.07) is 23.3. The molecule has 2 heterocycles. The number of nitrogens with one attached hydrogen (secondary N) is 1. The van der Waals surface area contributed by atoms with Gasteiger partial charge >= 0.3 is 5.97 Å². The molecular weight excluding hydrogens is 494 g/mol. The molecule has 0 aliphatic heterocycles. The molecule has 0 fully saturated rings. The average Bonchev–Trinajstić information content (AvgIpc) is 2.96. The lowest BCUT2D eigenvalue weighted by Gasteiger charge is -2.06. The van der Waals surface area contributed by atoms with E-state index >= 15 is 0 Å². The SMILES string of the molecule is COC(=O)c1ccncc1SCc1ccccc1.O=C(NO)c1ccncc1SCc1ccccc1. The fourth-order valence-electron chi connectivity index (χ4n) is 2.99. The first-order valence-corrected chi connectivity index (χ1v) is 12.8. The molecule has 0 saturated carbocycles. The summed E-state index contributed by atoms with van der Waals surface area (Å²) in [4.78, 5) is 32.6. The molecule has 0 aliphatic rings. The fraction of sp³-hybridized carbons (Fsp3) is 0.111. The number of carbonyl (C=O) groups is 2. The van der Waals surface area contributed by atoms with Crippen molar-refractivity contribution in [3.63, 3.8) is 0 Å². The van der Waals surface area contributed by atoms with Gasteiger partial charge in [0, 0.05) is 46.1 Å². The number of aromatic nitrogens is 2. The quantitative estimate of drug-likeness (QED) is 0.133. The highest BCUT2D eigenvalue weighted by molar-refractivity contribution is 7.98. The zero-order valence-electron chi connectivity index (χ0n) is 19.5. The van der Waals surface area contributed by atoms with Crippen molar-refractivity contribution >= 4 is 35.4 Å². The third-order valence-electron chi connectivity index (χ3n) is 4.79. The Labute approximate surface area is 218 Å². The number of hydroxylamine groups is 1. The molecule has 0 atom stereocenters. The first kappa shape index (κ1) is 26.9. The van der Waals surface area contributed by atoms with Gasteiger partial charge in [0.2, 0.25) is 0 Å². The lowest BCUT2D eigenvalue weighted by molar-refractivity contribution is 0.0596. The number of hydrogen-bond donors (Lipinski definition) is 2. The average molecular weight is 520 g/mol. The van der Waals surface area contributed by atoms with Gasteiger partial charge in [-0.2, -0.15) is 0 Å². The lowest BCUT2D eigenvalue weighted by Crippen LogP contribution is -2.19. The van der Waals surface area contributed by atoms with E-state index in [-0.39, 0.29) is 5.97 Å².